The minimum absolute atomic E-state index is 0.00982. The SMILES string of the molecule is CCCCCCCCCCCCCCCOC(=O)CCCC(=O)OC(CC)CCC(CC)CC. The van der Waals surface area contributed by atoms with Gasteiger partial charge in [0, 0.05) is 12.8 Å². The molecule has 0 aromatic rings. The van der Waals surface area contributed by atoms with E-state index in [0.717, 1.165) is 38.0 Å². The van der Waals surface area contributed by atoms with Gasteiger partial charge < -0.3 is 9.47 Å². The summed E-state index contributed by atoms with van der Waals surface area (Å²) in [5, 5.41) is 0. The number of esters is 2. The molecule has 0 radical (unpaired) electrons. The van der Waals surface area contributed by atoms with E-state index in [0.29, 0.717) is 25.9 Å². The third-order valence-electron chi connectivity index (χ3n) is 7.08. The van der Waals surface area contributed by atoms with Crippen LogP contribution in [0.2, 0.25) is 0 Å². The zero-order valence-corrected chi connectivity index (χ0v) is 23.3. The van der Waals surface area contributed by atoms with Crippen molar-refractivity contribution in [3.63, 3.8) is 0 Å². The molecule has 1 unspecified atom stereocenters. The Bertz CT molecular complexity index is 459. The van der Waals surface area contributed by atoms with Crippen LogP contribution in [0, 0.1) is 5.92 Å². The third-order valence-corrected chi connectivity index (χ3v) is 7.08. The van der Waals surface area contributed by atoms with Gasteiger partial charge in [0.1, 0.15) is 6.10 Å². The molecule has 0 spiro atoms. The maximum absolute atomic E-state index is 12.1. The van der Waals surface area contributed by atoms with E-state index in [2.05, 4.69) is 27.7 Å². The fraction of sp³-hybridized carbons (Fsp3) is 0.933. The van der Waals surface area contributed by atoms with Gasteiger partial charge in [0.25, 0.3) is 0 Å². The van der Waals surface area contributed by atoms with Gasteiger partial charge in [-0.25, -0.2) is 0 Å². The summed E-state index contributed by atoms with van der Waals surface area (Å²) in [5.74, 6) is 0.352. The lowest BCUT2D eigenvalue weighted by atomic mass is 9.95. The molecule has 202 valence electrons. The maximum Gasteiger partial charge on any atom is 0.306 e. The summed E-state index contributed by atoms with van der Waals surface area (Å²) in [4.78, 5) is 24.0. The molecule has 0 aromatic heterocycles. The van der Waals surface area contributed by atoms with Crippen molar-refractivity contribution < 1.29 is 19.1 Å². The molecule has 0 fully saturated rings. The first-order chi connectivity index (χ1) is 16.6. The highest BCUT2D eigenvalue weighted by atomic mass is 16.5. The van der Waals surface area contributed by atoms with Crippen LogP contribution in [-0.4, -0.2) is 24.6 Å². The Labute approximate surface area is 212 Å². The van der Waals surface area contributed by atoms with Gasteiger partial charge in [0.05, 0.1) is 6.61 Å². The molecular weight excluding hydrogens is 424 g/mol. The standard InChI is InChI=1S/C30H58O4/c1-5-9-10-11-12-13-14-15-16-17-18-19-20-26-33-29(31)22-21-23-30(32)34-28(8-4)25-24-27(6-2)7-3/h27-28H,5-26H2,1-4H3. The van der Waals surface area contributed by atoms with Crippen molar-refractivity contribution in [2.24, 2.45) is 5.92 Å². The molecule has 0 rings (SSSR count). The van der Waals surface area contributed by atoms with Gasteiger partial charge in [-0.2, -0.15) is 0 Å². The molecule has 0 bridgehead atoms. The van der Waals surface area contributed by atoms with Gasteiger partial charge in [-0.1, -0.05) is 118 Å². The predicted molar refractivity (Wildman–Crippen MR) is 144 cm³/mol. The van der Waals surface area contributed by atoms with Crippen molar-refractivity contribution in [2.75, 3.05) is 6.61 Å². The number of ether oxygens (including phenoxy) is 2. The van der Waals surface area contributed by atoms with Gasteiger partial charge in [-0.3, -0.25) is 9.59 Å². The van der Waals surface area contributed by atoms with Crippen LogP contribution >= 0.6 is 0 Å². The van der Waals surface area contributed by atoms with Gasteiger partial charge in [-0.05, 0) is 38.0 Å². The minimum Gasteiger partial charge on any atom is -0.466 e. The third kappa shape index (κ3) is 21.5. The van der Waals surface area contributed by atoms with Crippen LogP contribution in [-0.2, 0) is 19.1 Å². The van der Waals surface area contributed by atoms with Crippen molar-refractivity contribution in [1.82, 2.24) is 0 Å². The van der Waals surface area contributed by atoms with Crippen LogP contribution in [0.3, 0.4) is 0 Å². The van der Waals surface area contributed by atoms with E-state index < -0.39 is 0 Å². The number of hydrogen-bond acceptors (Lipinski definition) is 4. The van der Waals surface area contributed by atoms with Crippen LogP contribution < -0.4 is 0 Å². The second-order valence-corrected chi connectivity index (χ2v) is 10.1. The molecule has 0 aliphatic heterocycles. The average molecular weight is 483 g/mol. The van der Waals surface area contributed by atoms with E-state index in [1.54, 1.807) is 0 Å². The Balaban J connectivity index is 3.54. The lowest BCUT2D eigenvalue weighted by molar-refractivity contribution is -0.150. The summed E-state index contributed by atoms with van der Waals surface area (Å²) in [5.41, 5.74) is 0. The quantitative estimate of drug-likeness (QED) is 0.0960. The van der Waals surface area contributed by atoms with Gasteiger partial charge >= 0.3 is 11.9 Å². The Morgan fingerprint density at radius 1 is 0.559 bits per heavy atom. The zero-order valence-electron chi connectivity index (χ0n) is 23.3. The van der Waals surface area contributed by atoms with Gasteiger partial charge in [0.15, 0.2) is 0 Å². The first-order valence-electron chi connectivity index (χ1n) is 14.9. The van der Waals surface area contributed by atoms with E-state index in [1.807, 2.05) is 0 Å². The molecule has 0 amide bonds. The summed E-state index contributed by atoms with van der Waals surface area (Å²) in [7, 11) is 0. The van der Waals surface area contributed by atoms with Crippen LogP contribution in [0.25, 0.3) is 0 Å². The number of carbonyl (C=O) groups is 2. The van der Waals surface area contributed by atoms with Gasteiger partial charge in [-0.15, -0.1) is 0 Å². The highest BCUT2D eigenvalue weighted by Crippen LogP contribution is 2.19. The van der Waals surface area contributed by atoms with E-state index in [-0.39, 0.29) is 18.0 Å². The van der Waals surface area contributed by atoms with Crippen molar-refractivity contribution in [3.8, 4) is 0 Å². The zero-order chi connectivity index (χ0) is 25.3. The second kappa shape index (κ2) is 25.0. The summed E-state index contributed by atoms with van der Waals surface area (Å²) in [6, 6.07) is 0. The minimum atomic E-state index is -0.187. The van der Waals surface area contributed by atoms with E-state index >= 15 is 0 Å². The monoisotopic (exact) mass is 482 g/mol. The highest BCUT2D eigenvalue weighted by molar-refractivity contribution is 5.72. The van der Waals surface area contributed by atoms with E-state index in [4.69, 9.17) is 9.47 Å². The number of rotatable bonds is 25. The Kier molecular flexibility index (Phi) is 24.3. The number of unbranched alkanes of at least 4 members (excludes halogenated alkanes) is 12. The lowest BCUT2D eigenvalue weighted by Crippen LogP contribution is -2.19. The van der Waals surface area contributed by atoms with Crippen molar-refractivity contribution >= 4 is 11.9 Å². The molecular formula is C30H58O4. The molecule has 0 N–H and O–H groups in total. The summed E-state index contributed by atoms with van der Waals surface area (Å²) < 4.78 is 10.9. The predicted octanol–water partition coefficient (Wildman–Crippen LogP) is 9.33. The first-order valence-corrected chi connectivity index (χ1v) is 14.9. The Morgan fingerprint density at radius 3 is 1.56 bits per heavy atom. The Morgan fingerprint density at radius 2 is 1.06 bits per heavy atom. The van der Waals surface area contributed by atoms with Crippen LogP contribution in [0.1, 0.15) is 163 Å². The van der Waals surface area contributed by atoms with Crippen molar-refractivity contribution in [1.29, 1.82) is 0 Å². The lowest BCUT2D eigenvalue weighted by Gasteiger charge is -2.19. The highest BCUT2D eigenvalue weighted by Gasteiger charge is 2.15. The number of hydrogen-bond donors (Lipinski definition) is 0. The molecule has 0 aliphatic rings. The largest absolute Gasteiger partial charge is 0.466 e. The molecule has 1 atom stereocenters. The summed E-state index contributed by atoms with van der Waals surface area (Å²) in [6.45, 7) is 9.29. The topological polar surface area (TPSA) is 52.6 Å². The molecule has 4 heteroatoms. The summed E-state index contributed by atoms with van der Waals surface area (Å²) in [6.07, 6.45) is 23.4. The van der Waals surface area contributed by atoms with Gasteiger partial charge in [0.2, 0.25) is 0 Å². The van der Waals surface area contributed by atoms with Crippen molar-refractivity contribution in [3.05, 3.63) is 0 Å². The van der Waals surface area contributed by atoms with E-state index in [9.17, 15) is 9.59 Å². The maximum atomic E-state index is 12.1. The fourth-order valence-electron chi connectivity index (χ4n) is 4.46. The first kappa shape index (κ1) is 32.9. The molecule has 0 aromatic carbocycles. The second-order valence-electron chi connectivity index (χ2n) is 10.1. The Hall–Kier alpha value is -1.06. The molecule has 4 nitrogen and oxygen atoms in total. The van der Waals surface area contributed by atoms with Crippen molar-refractivity contribution in [2.45, 2.75) is 169 Å². The molecule has 0 heterocycles. The average Bonchev–Trinajstić information content (AvgIpc) is 2.84. The van der Waals surface area contributed by atoms with Crippen LogP contribution in [0.15, 0.2) is 0 Å². The number of carbonyl (C=O) groups excluding carboxylic acids is 2. The van der Waals surface area contributed by atoms with Crippen LogP contribution in [0.4, 0.5) is 0 Å². The smallest absolute Gasteiger partial charge is 0.306 e. The van der Waals surface area contributed by atoms with Crippen LogP contribution in [0.5, 0.6) is 0 Å². The molecule has 0 saturated carbocycles. The fourth-order valence-corrected chi connectivity index (χ4v) is 4.46. The molecule has 34 heavy (non-hydrogen) atoms. The normalized spacial score (nSPS) is 12.1. The molecule has 0 saturated heterocycles. The molecule has 0 aliphatic carbocycles. The van der Waals surface area contributed by atoms with E-state index in [1.165, 1.54) is 83.5 Å². The summed E-state index contributed by atoms with van der Waals surface area (Å²) >= 11 is 0.